The molecule has 3 nitrogen and oxygen atoms in total. The van der Waals surface area contributed by atoms with Gasteiger partial charge in [0.25, 0.3) is 0 Å². The van der Waals surface area contributed by atoms with Crippen molar-refractivity contribution in [3.05, 3.63) is 46.4 Å². The Labute approximate surface area is 112 Å². The van der Waals surface area contributed by atoms with Gasteiger partial charge in [0.1, 0.15) is 0 Å². The lowest BCUT2D eigenvalue weighted by Gasteiger charge is -2.24. The first-order valence-electron chi connectivity index (χ1n) is 6.09. The van der Waals surface area contributed by atoms with Crippen molar-refractivity contribution in [2.45, 2.75) is 25.9 Å². The molecular formula is C14H19N3S. The van der Waals surface area contributed by atoms with Crippen molar-refractivity contribution in [3.63, 3.8) is 0 Å². The molecule has 0 spiro atoms. The van der Waals surface area contributed by atoms with Crippen molar-refractivity contribution in [2.24, 2.45) is 0 Å². The summed E-state index contributed by atoms with van der Waals surface area (Å²) in [5.74, 6) is 0. The van der Waals surface area contributed by atoms with Crippen LogP contribution in [0.25, 0.3) is 0 Å². The van der Waals surface area contributed by atoms with E-state index >= 15 is 0 Å². The van der Waals surface area contributed by atoms with Crippen LogP contribution in [0.4, 0.5) is 5.69 Å². The summed E-state index contributed by atoms with van der Waals surface area (Å²) >= 11 is 1.81. The van der Waals surface area contributed by atoms with E-state index in [0.29, 0.717) is 6.04 Å². The van der Waals surface area contributed by atoms with Crippen LogP contribution in [-0.4, -0.2) is 23.0 Å². The smallest absolute Gasteiger partial charge is 0.0772 e. The monoisotopic (exact) mass is 261 g/mol. The minimum absolute atomic E-state index is 0.477. The van der Waals surface area contributed by atoms with Crippen molar-refractivity contribution in [1.29, 1.82) is 0 Å². The molecule has 2 N–H and O–H groups in total. The number of nitrogens with zero attached hydrogens (tertiary/aromatic N) is 2. The second-order valence-electron chi connectivity index (χ2n) is 4.59. The fraction of sp³-hybridized carbons (Fsp3) is 0.357. The zero-order valence-corrected chi connectivity index (χ0v) is 11.7. The first-order chi connectivity index (χ1) is 8.66. The number of thiophene rings is 1. The molecule has 2 heterocycles. The van der Waals surface area contributed by atoms with Crippen molar-refractivity contribution in [3.8, 4) is 0 Å². The SMILES string of the molecule is CC(Cc1cccs1)N(C)Cc1ncccc1N. The number of hydrogen-bond donors (Lipinski definition) is 1. The minimum Gasteiger partial charge on any atom is -0.397 e. The number of hydrogen-bond acceptors (Lipinski definition) is 4. The zero-order valence-electron chi connectivity index (χ0n) is 10.8. The normalized spacial score (nSPS) is 12.8. The molecule has 2 aromatic rings. The predicted molar refractivity (Wildman–Crippen MR) is 77.6 cm³/mol. The van der Waals surface area contributed by atoms with Gasteiger partial charge in [-0.3, -0.25) is 9.88 Å². The van der Waals surface area contributed by atoms with Gasteiger partial charge >= 0.3 is 0 Å². The Hall–Kier alpha value is -1.39. The molecule has 4 heteroatoms. The zero-order chi connectivity index (χ0) is 13.0. The summed E-state index contributed by atoms with van der Waals surface area (Å²) in [6, 6.07) is 8.53. The Morgan fingerprint density at radius 3 is 2.89 bits per heavy atom. The van der Waals surface area contributed by atoms with Crippen LogP contribution >= 0.6 is 11.3 Å². The quantitative estimate of drug-likeness (QED) is 0.900. The van der Waals surface area contributed by atoms with Crippen molar-refractivity contribution in [2.75, 3.05) is 12.8 Å². The Morgan fingerprint density at radius 2 is 2.22 bits per heavy atom. The van der Waals surface area contributed by atoms with Crippen LogP contribution in [0, 0.1) is 0 Å². The number of nitrogen functional groups attached to an aromatic ring is 1. The van der Waals surface area contributed by atoms with Crippen LogP contribution in [0.3, 0.4) is 0 Å². The summed E-state index contributed by atoms with van der Waals surface area (Å²) in [6.45, 7) is 3.03. The maximum Gasteiger partial charge on any atom is 0.0772 e. The summed E-state index contributed by atoms with van der Waals surface area (Å²) in [7, 11) is 2.12. The lowest BCUT2D eigenvalue weighted by molar-refractivity contribution is 0.246. The molecule has 1 atom stereocenters. The fourth-order valence-corrected chi connectivity index (χ4v) is 2.68. The molecule has 0 saturated carbocycles. The lowest BCUT2D eigenvalue weighted by Crippen LogP contribution is -2.30. The van der Waals surface area contributed by atoms with Crippen LogP contribution in [-0.2, 0) is 13.0 Å². The molecule has 2 aromatic heterocycles. The lowest BCUT2D eigenvalue weighted by atomic mass is 10.1. The molecule has 0 radical (unpaired) electrons. The van der Waals surface area contributed by atoms with Crippen LogP contribution < -0.4 is 5.73 Å². The van der Waals surface area contributed by atoms with E-state index in [1.54, 1.807) is 6.20 Å². The van der Waals surface area contributed by atoms with Crippen LogP contribution in [0.15, 0.2) is 35.8 Å². The molecule has 0 aliphatic rings. The van der Waals surface area contributed by atoms with Gasteiger partial charge in [0.15, 0.2) is 0 Å². The van der Waals surface area contributed by atoms with Gasteiger partial charge in [-0.05, 0) is 44.0 Å². The van der Waals surface area contributed by atoms with E-state index in [0.717, 1.165) is 24.3 Å². The summed E-state index contributed by atoms with van der Waals surface area (Å²) in [4.78, 5) is 8.04. The van der Waals surface area contributed by atoms with E-state index in [1.807, 2.05) is 23.5 Å². The van der Waals surface area contributed by atoms with E-state index in [2.05, 4.69) is 41.4 Å². The molecule has 0 aromatic carbocycles. The van der Waals surface area contributed by atoms with E-state index in [1.165, 1.54) is 4.88 Å². The van der Waals surface area contributed by atoms with Crippen LogP contribution in [0.5, 0.6) is 0 Å². The highest BCUT2D eigenvalue weighted by atomic mass is 32.1. The molecule has 0 aliphatic carbocycles. The molecule has 0 fully saturated rings. The third-order valence-electron chi connectivity index (χ3n) is 3.15. The average Bonchev–Trinajstić information content (AvgIpc) is 2.84. The summed E-state index contributed by atoms with van der Waals surface area (Å²) in [6.07, 6.45) is 2.87. The maximum atomic E-state index is 5.92. The second kappa shape index (κ2) is 5.98. The second-order valence-corrected chi connectivity index (χ2v) is 5.62. The molecule has 1 unspecified atom stereocenters. The van der Waals surface area contributed by atoms with Crippen LogP contribution in [0.2, 0.25) is 0 Å². The van der Waals surface area contributed by atoms with Gasteiger partial charge < -0.3 is 5.73 Å². The molecular weight excluding hydrogens is 242 g/mol. The number of anilines is 1. The highest BCUT2D eigenvalue weighted by molar-refractivity contribution is 7.09. The fourth-order valence-electron chi connectivity index (χ4n) is 1.85. The Balaban J connectivity index is 1.95. The van der Waals surface area contributed by atoms with E-state index in [-0.39, 0.29) is 0 Å². The summed E-state index contributed by atoms with van der Waals surface area (Å²) in [5, 5.41) is 2.12. The third-order valence-corrected chi connectivity index (χ3v) is 4.05. The number of pyridine rings is 1. The highest BCUT2D eigenvalue weighted by Crippen LogP contribution is 2.16. The molecule has 0 bridgehead atoms. The van der Waals surface area contributed by atoms with E-state index in [9.17, 15) is 0 Å². The Kier molecular flexibility index (Phi) is 4.33. The van der Waals surface area contributed by atoms with Gasteiger partial charge in [-0.25, -0.2) is 0 Å². The van der Waals surface area contributed by atoms with Crippen molar-refractivity contribution in [1.82, 2.24) is 9.88 Å². The number of rotatable bonds is 5. The third kappa shape index (κ3) is 3.31. The maximum absolute atomic E-state index is 5.92. The predicted octanol–water partition coefficient (Wildman–Crippen LogP) is 2.79. The molecule has 0 amide bonds. The Bertz CT molecular complexity index is 482. The summed E-state index contributed by atoms with van der Waals surface area (Å²) in [5.41, 5.74) is 7.65. The van der Waals surface area contributed by atoms with E-state index in [4.69, 9.17) is 5.73 Å². The van der Waals surface area contributed by atoms with Gasteiger partial charge in [-0.2, -0.15) is 0 Å². The molecule has 18 heavy (non-hydrogen) atoms. The molecule has 96 valence electrons. The Morgan fingerprint density at radius 1 is 1.39 bits per heavy atom. The minimum atomic E-state index is 0.477. The van der Waals surface area contributed by atoms with E-state index < -0.39 is 0 Å². The standard InChI is InChI=1S/C14H19N3S/c1-11(9-12-5-4-8-18-12)17(2)10-14-13(15)6-3-7-16-14/h3-8,11H,9-10,15H2,1-2H3. The van der Waals surface area contributed by atoms with Gasteiger partial charge in [0.2, 0.25) is 0 Å². The molecule has 0 aliphatic heterocycles. The van der Waals surface area contributed by atoms with Gasteiger partial charge in [0, 0.05) is 23.7 Å². The average molecular weight is 261 g/mol. The number of aromatic nitrogens is 1. The van der Waals surface area contributed by atoms with Crippen LogP contribution in [0.1, 0.15) is 17.5 Å². The summed E-state index contributed by atoms with van der Waals surface area (Å²) < 4.78 is 0. The van der Waals surface area contributed by atoms with Gasteiger partial charge in [0.05, 0.1) is 11.4 Å². The first-order valence-corrected chi connectivity index (χ1v) is 6.96. The van der Waals surface area contributed by atoms with Crippen molar-refractivity contribution >= 4 is 17.0 Å². The molecule has 0 saturated heterocycles. The topological polar surface area (TPSA) is 42.2 Å². The highest BCUT2D eigenvalue weighted by Gasteiger charge is 2.12. The largest absolute Gasteiger partial charge is 0.397 e. The van der Waals surface area contributed by atoms with Crippen molar-refractivity contribution < 1.29 is 0 Å². The number of nitrogens with two attached hydrogens (primary N) is 1. The first kappa shape index (κ1) is 13.1. The number of likely N-dealkylation sites (N-methyl/N-ethyl adjacent to an activating group) is 1. The molecule has 2 rings (SSSR count). The van der Waals surface area contributed by atoms with Gasteiger partial charge in [-0.1, -0.05) is 6.07 Å². The van der Waals surface area contributed by atoms with Gasteiger partial charge in [-0.15, -0.1) is 11.3 Å².